The van der Waals surface area contributed by atoms with E-state index in [1.807, 2.05) is 24.3 Å². The highest BCUT2D eigenvalue weighted by atomic mass is 16.3. The van der Waals surface area contributed by atoms with Crippen molar-refractivity contribution < 1.29 is 15.3 Å². The van der Waals surface area contributed by atoms with Gasteiger partial charge < -0.3 is 15.3 Å². The normalized spacial score (nSPS) is 25.8. The lowest BCUT2D eigenvalue weighted by Crippen LogP contribution is -2.31. The first-order chi connectivity index (χ1) is 11.7. The zero-order chi connectivity index (χ0) is 16.7. The van der Waals surface area contributed by atoms with E-state index >= 15 is 0 Å². The van der Waals surface area contributed by atoms with E-state index < -0.39 is 0 Å². The Morgan fingerprint density at radius 3 is 2.42 bits per heavy atom. The Morgan fingerprint density at radius 1 is 0.917 bits per heavy atom. The summed E-state index contributed by atoms with van der Waals surface area (Å²) in [5.41, 5.74) is 4.45. The predicted octanol–water partition coefficient (Wildman–Crippen LogP) is 4.20. The molecule has 2 aromatic rings. The number of aliphatic hydroxyl groups is 1. The van der Waals surface area contributed by atoms with Crippen LogP contribution in [-0.2, 0) is 13.0 Å². The monoisotopic (exact) mass is 324 g/mol. The number of hydrogen-bond donors (Lipinski definition) is 3. The molecular formula is C21H24O3. The van der Waals surface area contributed by atoms with Crippen LogP contribution < -0.4 is 0 Å². The number of hydrogen-bond acceptors (Lipinski definition) is 3. The summed E-state index contributed by atoms with van der Waals surface area (Å²) >= 11 is 0. The molecular weight excluding hydrogens is 300 g/mol. The van der Waals surface area contributed by atoms with Crippen LogP contribution in [0.1, 0.15) is 59.8 Å². The molecule has 2 aromatic carbocycles. The minimum absolute atomic E-state index is 0.128. The predicted molar refractivity (Wildman–Crippen MR) is 93.3 cm³/mol. The number of phenols is 2. The Kier molecular flexibility index (Phi) is 3.97. The van der Waals surface area contributed by atoms with Gasteiger partial charge in [-0.3, -0.25) is 0 Å². The van der Waals surface area contributed by atoms with Crippen molar-refractivity contribution in [1.29, 1.82) is 0 Å². The topological polar surface area (TPSA) is 60.7 Å². The smallest absolute Gasteiger partial charge is 0.121 e. The van der Waals surface area contributed by atoms with Gasteiger partial charge in [0, 0.05) is 5.56 Å². The molecule has 4 rings (SSSR count). The SMILES string of the molecule is OCc1cc2c(cc1O)C1CCCCC1C(c1ccc(O)cc1)C2. The number of benzene rings is 2. The van der Waals surface area contributed by atoms with Gasteiger partial charge >= 0.3 is 0 Å². The number of phenolic OH excluding ortho intramolecular Hbond substituents is 1. The second-order valence-corrected chi connectivity index (χ2v) is 7.29. The van der Waals surface area contributed by atoms with E-state index in [4.69, 9.17) is 0 Å². The Balaban J connectivity index is 1.79. The van der Waals surface area contributed by atoms with Crippen LogP contribution in [0.3, 0.4) is 0 Å². The van der Waals surface area contributed by atoms with Crippen molar-refractivity contribution in [2.75, 3.05) is 0 Å². The number of fused-ring (bicyclic) bond motifs is 3. The number of aromatic hydroxyl groups is 2. The van der Waals surface area contributed by atoms with Crippen LogP contribution >= 0.6 is 0 Å². The van der Waals surface area contributed by atoms with Crippen LogP contribution in [0.25, 0.3) is 0 Å². The molecule has 0 radical (unpaired) electrons. The fourth-order valence-electron chi connectivity index (χ4n) is 4.85. The molecule has 0 spiro atoms. The zero-order valence-corrected chi connectivity index (χ0v) is 13.8. The minimum atomic E-state index is -0.128. The zero-order valence-electron chi connectivity index (χ0n) is 13.8. The maximum absolute atomic E-state index is 10.2. The first kappa shape index (κ1) is 15.5. The van der Waals surface area contributed by atoms with Gasteiger partial charge in [-0.05, 0) is 78.0 Å². The third-order valence-electron chi connectivity index (χ3n) is 6.01. The van der Waals surface area contributed by atoms with Crippen molar-refractivity contribution >= 4 is 0 Å². The Morgan fingerprint density at radius 2 is 1.67 bits per heavy atom. The standard InChI is InChI=1S/C21H24O3/c22-12-15-9-14-10-19(13-5-7-16(23)8-6-13)17-3-1-2-4-18(17)20(14)11-21(15)24/h5-9,11,17-19,22-24H,1-4,10,12H2. The highest BCUT2D eigenvalue weighted by molar-refractivity contribution is 5.47. The van der Waals surface area contributed by atoms with Gasteiger partial charge in [-0.15, -0.1) is 0 Å². The summed E-state index contributed by atoms with van der Waals surface area (Å²) in [7, 11) is 0. The van der Waals surface area contributed by atoms with E-state index in [1.165, 1.54) is 42.4 Å². The average Bonchev–Trinajstić information content (AvgIpc) is 2.61. The largest absolute Gasteiger partial charge is 0.508 e. The summed E-state index contributed by atoms with van der Waals surface area (Å²) in [6.45, 7) is -0.128. The van der Waals surface area contributed by atoms with Gasteiger partial charge in [0.05, 0.1) is 6.61 Å². The Hall–Kier alpha value is -2.00. The van der Waals surface area contributed by atoms with Crippen molar-refractivity contribution in [2.45, 2.75) is 50.5 Å². The molecule has 2 aliphatic rings. The van der Waals surface area contributed by atoms with Crippen LogP contribution in [0, 0.1) is 5.92 Å². The highest BCUT2D eigenvalue weighted by Crippen LogP contribution is 2.52. The number of aliphatic hydroxyl groups excluding tert-OH is 1. The first-order valence-corrected chi connectivity index (χ1v) is 8.92. The molecule has 3 nitrogen and oxygen atoms in total. The molecule has 3 atom stereocenters. The molecule has 1 fully saturated rings. The molecule has 126 valence electrons. The summed E-state index contributed by atoms with van der Waals surface area (Å²) in [5, 5.41) is 29.2. The molecule has 0 aromatic heterocycles. The van der Waals surface area contributed by atoms with Crippen LogP contribution in [0.5, 0.6) is 11.5 Å². The third-order valence-corrected chi connectivity index (χ3v) is 6.01. The highest BCUT2D eigenvalue weighted by Gasteiger charge is 2.39. The van der Waals surface area contributed by atoms with E-state index in [2.05, 4.69) is 0 Å². The van der Waals surface area contributed by atoms with E-state index in [1.54, 1.807) is 12.1 Å². The van der Waals surface area contributed by atoms with Crippen LogP contribution in [0.2, 0.25) is 0 Å². The molecule has 3 heteroatoms. The molecule has 2 aliphatic carbocycles. The molecule has 3 N–H and O–H groups in total. The Labute approximate surface area is 142 Å². The maximum atomic E-state index is 10.2. The lowest BCUT2D eigenvalue weighted by Gasteiger charge is -2.43. The summed E-state index contributed by atoms with van der Waals surface area (Å²) < 4.78 is 0. The average molecular weight is 324 g/mol. The van der Waals surface area contributed by atoms with Gasteiger partial charge in [0.2, 0.25) is 0 Å². The summed E-state index contributed by atoms with van der Waals surface area (Å²) in [6.07, 6.45) is 5.84. The van der Waals surface area contributed by atoms with Gasteiger partial charge in [-0.25, -0.2) is 0 Å². The molecule has 0 amide bonds. The van der Waals surface area contributed by atoms with Gasteiger partial charge in [0.1, 0.15) is 11.5 Å². The lowest BCUT2D eigenvalue weighted by atomic mass is 9.61. The van der Waals surface area contributed by atoms with E-state index in [0.29, 0.717) is 29.1 Å². The number of rotatable bonds is 2. The summed E-state index contributed by atoms with van der Waals surface area (Å²) in [6, 6.07) is 11.5. The van der Waals surface area contributed by atoms with Gasteiger partial charge in [0.15, 0.2) is 0 Å². The summed E-state index contributed by atoms with van der Waals surface area (Å²) in [5.74, 6) is 2.06. The van der Waals surface area contributed by atoms with Crippen LogP contribution in [0.15, 0.2) is 36.4 Å². The van der Waals surface area contributed by atoms with E-state index in [-0.39, 0.29) is 12.4 Å². The maximum Gasteiger partial charge on any atom is 0.121 e. The first-order valence-electron chi connectivity index (χ1n) is 8.92. The second kappa shape index (κ2) is 6.14. The molecule has 24 heavy (non-hydrogen) atoms. The van der Waals surface area contributed by atoms with Crippen molar-refractivity contribution in [3.8, 4) is 11.5 Å². The quantitative estimate of drug-likeness (QED) is 0.776. The van der Waals surface area contributed by atoms with Crippen molar-refractivity contribution in [2.24, 2.45) is 5.92 Å². The molecule has 0 saturated heterocycles. The second-order valence-electron chi connectivity index (χ2n) is 7.29. The van der Waals surface area contributed by atoms with Gasteiger partial charge in [-0.1, -0.05) is 25.0 Å². The fourth-order valence-corrected chi connectivity index (χ4v) is 4.85. The minimum Gasteiger partial charge on any atom is -0.508 e. The Bertz CT molecular complexity index is 735. The van der Waals surface area contributed by atoms with Gasteiger partial charge in [-0.2, -0.15) is 0 Å². The molecule has 0 aliphatic heterocycles. The molecule has 0 heterocycles. The fraction of sp³-hybridized carbons (Fsp3) is 0.429. The van der Waals surface area contributed by atoms with Crippen molar-refractivity contribution in [1.82, 2.24) is 0 Å². The van der Waals surface area contributed by atoms with Crippen LogP contribution in [0.4, 0.5) is 0 Å². The lowest BCUT2D eigenvalue weighted by molar-refractivity contribution is 0.241. The molecule has 1 saturated carbocycles. The van der Waals surface area contributed by atoms with E-state index in [0.717, 1.165) is 6.42 Å². The van der Waals surface area contributed by atoms with Crippen LogP contribution in [-0.4, -0.2) is 15.3 Å². The van der Waals surface area contributed by atoms with E-state index in [9.17, 15) is 15.3 Å². The summed E-state index contributed by atoms with van der Waals surface area (Å²) in [4.78, 5) is 0. The molecule has 3 unspecified atom stereocenters. The van der Waals surface area contributed by atoms with Crippen molar-refractivity contribution in [3.05, 3.63) is 58.7 Å². The third kappa shape index (κ3) is 2.57. The van der Waals surface area contributed by atoms with Gasteiger partial charge in [0.25, 0.3) is 0 Å². The van der Waals surface area contributed by atoms with Crippen molar-refractivity contribution in [3.63, 3.8) is 0 Å². The molecule has 0 bridgehead atoms.